The summed E-state index contributed by atoms with van der Waals surface area (Å²) in [7, 11) is 0. The van der Waals surface area contributed by atoms with Crippen LogP contribution in [-0.4, -0.2) is 21.6 Å². The summed E-state index contributed by atoms with van der Waals surface area (Å²) in [5.41, 5.74) is 10.1. The number of rotatable bonds is 5. The topological polar surface area (TPSA) is 66.0 Å². The summed E-state index contributed by atoms with van der Waals surface area (Å²) in [6.45, 7) is 6.27. The van der Waals surface area contributed by atoms with Crippen molar-refractivity contribution in [3.8, 4) is 22.7 Å². The smallest absolute Gasteiger partial charge is 0.119 e. The van der Waals surface area contributed by atoms with Gasteiger partial charge in [0.15, 0.2) is 0 Å². The van der Waals surface area contributed by atoms with Crippen molar-refractivity contribution in [3.63, 3.8) is 0 Å². The number of nitrogen functional groups attached to an aromatic ring is 1. The summed E-state index contributed by atoms with van der Waals surface area (Å²) in [5, 5.41) is 8.37. The molecule has 5 nitrogen and oxygen atoms in total. The van der Waals surface area contributed by atoms with Crippen molar-refractivity contribution in [2.75, 3.05) is 12.3 Å². The van der Waals surface area contributed by atoms with E-state index in [0.29, 0.717) is 12.3 Å². The standard InChI is InChI=1S/C18H18N4O/c1-13(2)12-23-17-8-6-14(7-9-17)18-11-22(21-20-18)16-5-3-4-15(19)10-16/h3-11H,1,12,19H2,2H3. The largest absolute Gasteiger partial charge is 0.489 e. The first kappa shape index (κ1) is 14.8. The van der Waals surface area contributed by atoms with Crippen LogP contribution in [0.3, 0.4) is 0 Å². The highest BCUT2D eigenvalue weighted by Crippen LogP contribution is 2.22. The molecule has 2 aromatic carbocycles. The van der Waals surface area contributed by atoms with E-state index < -0.39 is 0 Å². The van der Waals surface area contributed by atoms with E-state index in [0.717, 1.165) is 28.3 Å². The van der Waals surface area contributed by atoms with E-state index in [9.17, 15) is 0 Å². The first-order valence-corrected chi connectivity index (χ1v) is 7.28. The third kappa shape index (κ3) is 3.58. The Labute approximate surface area is 135 Å². The zero-order valence-electron chi connectivity index (χ0n) is 12.9. The summed E-state index contributed by atoms with van der Waals surface area (Å²) in [6, 6.07) is 15.3. The Hall–Kier alpha value is -3.08. The summed E-state index contributed by atoms with van der Waals surface area (Å²) in [6.07, 6.45) is 1.87. The number of ether oxygens (including phenoxy) is 1. The van der Waals surface area contributed by atoms with Gasteiger partial charge in [0.25, 0.3) is 0 Å². The molecule has 2 N–H and O–H groups in total. The van der Waals surface area contributed by atoms with Crippen molar-refractivity contribution in [1.82, 2.24) is 15.0 Å². The number of nitrogens with zero attached hydrogens (tertiary/aromatic N) is 3. The lowest BCUT2D eigenvalue weighted by Gasteiger charge is -2.05. The van der Waals surface area contributed by atoms with Crippen LogP contribution >= 0.6 is 0 Å². The van der Waals surface area contributed by atoms with Crippen LogP contribution in [0, 0.1) is 0 Å². The van der Waals surface area contributed by atoms with Crippen LogP contribution in [0.5, 0.6) is 5.75 Å². The van der Waals surface area contributed by atoms with Gasteiger partial charge in [-0.15, -0.1) is 5.10 Å². The molecule has 0 aliphatic carbocycles. The fourth-order valence-corrected chi connectivity index (χ4v) is 2.12. The zero-order chi connectivity index (χ0) is 16.2. The maximum Gasteiger partial charge on any atom is 0.119 e. The van der Waals surface area contributed by atoms with Crippen LogP contribution in [0.15, 0.2) is 66.9 Å². The van der Waals surface area contributed by atoms with Gasteiger partial charge < -0.3 is 10.5 Å². The highest BCUT2D eigenvalue weighted by Gasteiger charge is 2.06. The van der Waals surface area contributed by atoms with Gasteiger partial charge in [-0.3, -0.25) is 0 Å². The molecule has 0 aliphatic heterocycles. The van der Waals surface area contributed by atoms with Crippen LogP contribution in [0.25, 0.3) is 16.9 Å². The number of nitrogens with two attached hydrogens (primary N) is 1. The molecule has 0 atom stereocenters. The monoisotopic (exact) mass is 306 g/mol. The molecule has 0 aliphatic rings. The first-order chi connectivity index (χ1) is 11.1. The lowest BCUT2D eigenvalue weighted by molar-refractivity contribution is 0.353. The molecule has 0 bridgehead atoms. The van der Waals surface area contributed by atoms with Crippen molar-refractivity contribution in [2.45, 2.75) is 6.92 Å². The van der Waals surface area contributed by atoms with Gasteiger partial charge in [-0.05, 0) is 55.0 Å². The number of benzene rings is 2. The zero-order valence-corrected chi connectivity index (χ0v) is 12.9. The van der Waals surface area contributed by atoms with Gasteiger partial charge in [-0.2, -0.15) is 0 Å². The molecule has 0 saturated carbocycles. The Balaban J connectivity index is 1.79. The molecule has 5 heteroatoms. The molecular formula is C18H18N4O. The summed E-state index contributed by atoms with van der Waals surface area (Å²) >= 11 is 0. The van der Waals surface area contributed by atoms with Gasteiger partial charge >= 0.3 is 0 Å². The lowest BCUT2D eigenvalue weighted by atomic mass is 10.1. The average molecular weight is 306 g/mol. The van der Waals surface area contributed by atoms with Crippen molar-refractivity contribution in [2.24, 2.45) is 0 Å². The van der Waals surface area contributed by atoms with Gasteiger partial charge in [-0.1, -0.05) is 17.9 Å². The van der Waals surface area contributed by atoms with E-state index in [1.807, 2.05) is 61.7 Å². The molecule has 0 unspecified atom stereocenters. The van der Waals surface area contributed by atoms with Gasteiger partial charge in [-0.25, -0.2) is 4.68 Å². The van der Waals surface area contributed by atoms with E-state index >= 15 is 0 Å². The molecule has 1 heterocycles. The Bertz CT molecular complexity index is 821. The van der Waals surface area contributed by atoms with Crippen LogP contribution in [0.1, 0.15) is 6.92 Å². The van der Waals surface area contributed by atoms with Crippen LogP contribution in [-0.2, 0) is 0 Å². The normalized spacial score (nSPS) is 10.5. The lowest BCUT2D eigenvalue weighted by Crippen LogP contribution is -1.97. The number of anilines is 1. The van der Waals surface area contributed by atoms with E-state index in [-0.39, 0.29) is 0 Å². The second-order valence-corrected chi connectivity index (χ2v) is 5.41. The predicted molar refractivity (Wildman–Crippen MR) is 91.5 cm³/mol. The molecule has 116 valence electrons. The molecule has 3 aromatic rings. The van der Waals surface area contributed by atoms with Crippen molar-refractivity contribution in [1.29, 1.82) is 0 Å². The summed E-state index contributed by atoms with van der Waals surface area (Å²) in [5.74, 6) is 0.806. The minimum atomic E-state index is 0.519. The van der Waals surface area contributed by atoms with E-state index in [1.165, 1.54) is 0 Å². The molecule has 0 fully saturated rings. The molecule has 0 spiro atoms. The molecule has 1 aromatic heterocycles. The molecule has 23 heavy (non-hydrogen) atoms. The predicted octanol–water partition coefficient (Wildman–Crippen LogP) is 3.47. The third-order valence-electron chi connectivity index (χ3n) is 3.26. The van der Waals surface area contributed by atoms with Gasteiger partial charge in [0.2, 0.25) is 0 Å². The maximum absolute atomic E-state index is 5.80. The second kappa shape index (κ2) is 6.36. The Kier molecular flexibility index (Phi) is 4.10. The average Bonchev–Trinajstić information content (AvgIpc) is 3.03. The molecule has 0 saturated heterocycles. The Morgan fingerprint density at radius 3 is 2.70 bits per heavy atom. The molecule has 0 amide bonds. The first-order valence-electron chi connectivity index (χ1n) is 7.28. The highest BCUT2D eigenvalue weighted by molar-refractivity contribution is 5.59. The minimum absolute atomic E-state index is 0.519. The molecule has 3 rings (SSSR count). The fourth-order valence-electron chi connectivity index (χ4n) is 2.12. The number of aromatic nitrogens is 3. The number of hydrogen-bond donors (Lipinski definition) is 1. The maximum atomic E-state index is 5.80. The van der Waals surface area contributed by atoms with Crippen molar-refractivity contribution >= 4 is 5.69 Å². The highest BCUT2D eigenvalue weighted by atomic mass is 16.5. The Morgan fingerprint density at radius 2 is 2.00 bits per heavy atom. The SMILES string of the molecule is C=C(C)COc1ccc(-c2cn(-c3cccc(N)c3)nn2)cc1. The third-order valence-corrected chi connectivity index (χ3v) is 3.26. The van der Waals surface area contributed by atoms with E-state index in [4.69, 9.17) is 10.5 Å². The van der Waals surface area contributed by atoms with Gasteiger partial charge in [0.05, 0.1) is 11.9 Å². The minimum Gasteiger partial charge on any atom is -0.489 e. The molecular weight excluding hydrogens is 288 g/mol. The summed E-state index contributed by atoms with van der Waals surface area (Å²) in [4.78, 5) is 0. The van der Waals surface area contributed by atoms with Crippen LogP contribution in [0.4, 0.5) is 5.69 Å². The molecule has 0 radical (unpaired) electrons. The quantitative estimate of drug-likeness (QED) is 0.579. The van der Waals surface area contributed by atoms with Crippen molar-refractivity contribution in [3.05, 3.63) is 66.9 Å². The van der Waals surface area contributed by atoms with E-state index in [2.05, 4.69) is 16.9 Å². The van der Waals surface area contributed by atoms with Crippen LogP contribution < -0.4 is 10.5 Å². The van der Waals surface area contributed by atoms with Crippen LogP contribution in [0.2, 0.25) is 0 Å². The fraction of sp³-hybridized carbons (Fsp3) is 0.111. The number of hydrogen-bond acceptors (Lipinski definition) is 4. The second-order valence-electron chi connectivity index (χ2n) is 5.41. The van der Waals surface area contributed by atoms with Crippen molar-refractivity contribution < 1.29 is 4.74 Å². The van der Waals surface area contributed by atoms with Gasteiger partial charge in [0.1, 0.15) is 18.1 Å². The summed E-state index contributed by atoms with van der Waals surface area (Å²) < 4.78 is 7.30. The van der Waals surface area contributed by atoms with E-state index in [1.54, 1.807) is 4.68 Å². The van der Waals surface area contributed by atoms with Gasteiger partial charge in [0, 0.05) is 11.3 Å². The Morgan fingerprint density at radius 1 is 1.22 bits per heavy atom.